The number of nitrogens with zero attached hydrogens (tertiary/aromatic N) is 4. The maximum Gasteiger partial charge on any atom is 0.236 e. The van der Waals surface area contributed by atoms with Crippen LogP contribution in [0.2, 0.25) is 0 Å². The van der Waals surface area contributed by atoms with Crippen molar-refractivity contribution in [2.75, 3.05) is 85.7 Å². The van der Waals surface area contributed by atoms with Crippen molar-refractivity contribution in [3.8, 4) is 0 Å². The van der Waals surface area contributed by atoms with E-state index in [2.05, 4.69) is 54.2 Å². The third-order valence-electron chi connectivity index (χ3n) is 16.2. The molecular formula is C66H134N4O3. The van der Waals surface area contributed by atoms with Crippen molar-refractivity contribution in [2.45, 2.75) is 324 Å². The molecule has 0 aromatic rings. The molecule has 1 rings (SSSR count). The Morgan fingerprint density at radius 1 is 0.397 bits per heavy atom. The lowest BCUT2D eigenvalue weighted by atomic mass is 9.93. The molecule has 0 spiro atoms. The van der Waals surface area contributed by atoms with Crippen molar-refractivity contribution in [2.24, 2.45) is 5.92 Å². The second-order valence-corrected chi connectivity index (χ2v) is 23.2. The quantitative estimate of drug-likeness (QED) is 0.0447. The number of piperidine rings is 1. The first kappa shape index (κ1) is 72.0. The normalized spacial score (nSPS) is 13.2. The lowest BCUT2D eigenvalue weighted by Gasteiger charge is -2.35. The van der Waals surface area contributed by atoms with Gasteiger partial charge in [0.15, 0.2) is 0 Å². The van der Waals surface area contributed by atoms with Crippen LogP contribution < -0.4 is 0 Å². The molecule has 0 bridgehead atoms. The van der Waals surface area contributed by atoms with Gasteiger partial charge < -0.3 is 24.2 Å². The summed E-state index contributed by atoms with van der Waals surface area (Å²) in [7, 11) is 1.76. The number of unbranched alkanes of at least 4 members (excludes halogenated alkanes) is 36. The van der Waals surface area contributed by atoms with Crippen molar-refractivity contribution in [3.05, 3.63) is 0 Å². The average Bonchev–Trinajstić information content (AvgIpc) is 3.40. The third-order valence-corrected chi connectivity index (χ3v) is 16.2. The molecule has 1 fully saturated rings. The van der Waals surface area contributed by atoms with Crippen LogP contribution in [0.15, 0.2) is 0 Å². The van der Waals surface area contributed by atoms with Gasteiger partial charge in [-0.25, -0.2) is 0 Å². The largest absolute Gasteiger partial charge is 0.385 e. The molecule has 0 saturated carbocycles. The minimum atomic E-state index is 0.385. The van der Waals surface area contributed by atoms with Gasteiger partial charge in [0.1, 0.15) is 6.29 Å². The lowest BCUT2D eigenvalue weighted by molar-refractivity contribution is -0.134. The molecule has 73 heavy (non-hydrogen) atoms. The Morgan fingerprint density at radius 3 is 1.05 bits per heavy atom. The maximum atomic E-state index is 14.0. The summed E-state index contributed by atoms with van der Waals surface area (Å²) in [5, 5.41) is 0. The van der Waals surface area contributed by atoms with Crippen LogP contribution >= 0.6 is 0 Å². The zero-order chi connectivity index (χ0) is 53.2. The van der Waals surface area contributed by atoms with Gasteiger partial charge in [-0.15, -0.1) is 0 Å². The number of carbonyl (C=O) groups is 2. The van der Waals surface area contributed by atoms with Gasteiger partial charge in [0.25, 0.3) is 0 Å². The number of hydrogen-bond acceptors (Lipinski definition) is 6. The summed E-state index contributed by atoms with van der Waals surface area (Å²) >= 11 is 0. The van der Waals surface area contributed by atoms with Gasteiger partial charge in [-0.3, -0.25) is 9.69 Å². The van der Waals surface area contributed by atoms with Crippen molar-refractivity contribution < 1.29 is 14.3 Å². The molecule has 0 N–H and O–H groups in total. The molecular weight excluding hydrogens is 897 g/mol. The van der Waals surface area contributed by atoms with Crippen LogP contribution in [-0.4, -0.2) is 118 Å². The van der Waals surface area contributed by atoms with Crippen molar-refractivity contribution in [1.82, 2.24) is 19.6 Å². The van der Waals surface area contributed by atoms with Crippen LogP contribution in [0, 0.1) is 5.92 Å². The molecule has 7 heteroatoms. The zero-order valence-electron chi connectivity index (χ0n) is 51.0. The van der Waals surface area contributed by atoms with Crippen LogP contribution in [0.4, 0.5) is 0 Å². The highest BCUT2D eigenvalue weighted by Crippen LogP contribution is 2.22. The Balaban J connectivity index is 0.00000521. The first-order valence-corrected chi connectivity index (χ1v) is 33.4. The molecule has 7 nitrogen and oxygen atoms in total. The van der Waals surface area contributed by atoms with E-state index in [0.717, 1.165) is 58.0 Å². The van der Waals surface area contributed by atoms with E-state index < -0.39 is 0 Å². The first-order valence-electron chi connectivity index (χ1n) is 33.4. The Labute approximate surface area is 459 Å². The van der Waals surface area contributed by atoms with E-state index in [4.69, 9.17) is 4.74 Å². The fraction of sp³-hybridized carbons (Fsp3) is 0.970. The smallest absolute Gasteiger partial charge is 0.236 e. The molecule has 0 unspecified atom stereocenters. The topological polar surface area (TPSA) is 56.3 Å². The monoisotopic (exact) mass is 1030 g/mol. The Morgan fingerprint density at radius 2 is 0.699 bits per heavy atom. The van der Waals surface area contributed by atoms with E-state index >= 15 is 0 Å². The number of methoxy groups -OCH3 is 1. The van der Waals surface area contributed by atoms with Crippen LogP contribution in [-0.2, 0) is 14.3 Å². The number of hydrogen-bond donors (Lipinski definition) is 0. The predicted molar refractivity (Wildman–Crippen MR) is 323 cm³/mol. The lowest BCUT2D eigenvalue weighted by Crippen LogP contribution is -2.46. The molecule has 1 aliphatic heterocycles. The van der Waals surface area contributed by atoms with E-state index in [1.165, 1.54) is 309 Å². The van der Waals surface area contributed by atoms with E-state index in [1.54, 1.807) is 7.11 Å². The van der Waals surface area contributed by atoms with Gasteiger partial charge in [0.2, 0.25) is 5.91 Å². The average molecular weight is 1030 g/mol. The Bertz CT molecular complexity index is 1040. The highest BCUT2D eigenvalue weighted by atomic mass is 16.5. The molecule has 0 atom stereocenters. The standard InChI is InChI=1S/C58H116N4O2.C8H18O/c1-5-9-13-17-21-22-23-24-25-29-32-36-45-59(46-39-34-35-41-55-63)50-42-57-43-51-62(52-44-57)58(64)56-61(49-40-33-28-20-16-12-8-4)54-53-60(47-37-30-26-18-14-10-6-2)48-38-31-27-19-15-11-7-3;1-3-4-5-6-7-8-9-2/h55,57H,5-54,56H2,1-4H3;3-8H2,1-2H3. The highest BCUT2D eigenvalue weighted by molar-refractivity contribution is 5.78. The summed E-state index contributed by atoms with van der Waals surface area (Å²) in [5.41, 5.74) is 0. The van der Waals surface area contributed by atoms with Crippen molar-refractivity contribution in [1.29, 1.82) is 0 Å². The van der Waals surface area contributed by atoms with Crippen LogP contribution in [0.5, 0.6) is 0 Å². The van der Waals surface area contributed by atoms with E-state index in [-0.39, 0.29) is 0 Å². The molecule has 1 saturated heterocycles. The molecule has 1 heterocycles. The second kappa shape index (κ2) is 60.2. The number of carbonyl (C=O) groups excluding carboxylic acids is 2. The number of amides is 1. The van der Waals surface area contributed by atoms with Gasteiger partial charge >= 0.3 is 0 Å². The van der Waals surface area contributed by atoms with E-state index in [1.807, 2.05) is 0 Å². The molecule has 1 amide bonds. The zero-order valence-corrected chi connectivity index (χ0v) is 51.0. The van der Waals surface area contributed by atoms with Crippen molar-refractivity contribution in [3.63, 3.8) is 0 Å². The number of rotatable bonds is 57. The summed E-state index contributed by atoms with van der Waals surface area (Å²) in [4.78, 5) is 35.2. The van der Waals surface area contributed by atoms with Crippen LogP contribution in [0.1, 0.15) is 324 Å². The van der Waals surface area contributed by atoms with Gasteiger partial charge in [-0.2, -0.15) is 0 Å². The molecule has 0 aromatic heterocycles. The summed E-state index contributed by atoms with van der Waals surface area (Å²) in [5.74, 6) is 1.12. The minimum absolute atomic E-state index is 0.385. The fourth-order valence-corrected chi connectivity index (χ4v) is 11.0. The van der Waals surface area contributed by atoms with Crippen molar-refractivity contribution >= 4 is 12.2 Å². The van der Waals surface area contributed by atoms with Gasteiger partial charge in [-0.1, -0.05) is 253 Å². The number of aldehydes is 1. The van der Waals surface area contributed by atoms with Crippen LogP contribution in [0.3, 0.4) is 0 Å². The fourth-order valence-electron chi connectivity index (χ4n) is 11.0. The molecule has 0 radical (unpaired) electrons. The number of ether oxygens (including phenoxy) is 1. The molecule has 0 aliphatic carbocycles. The first-order chi connectivity index (χ1) is 36.0. The number of likely N-dealkylation sites (tertiary alicyclic amines) is 1. The Kier molecular flexibility index (Phi) is 59.4. The summed E-state index contributed by atoms with van der Waals surface area (Å²) in [6, 6.07) is 0. The van der Waals surface area contributed by atoms with E-state index in [9.17, 15) is 9.59 Å². The summed E-state index contributed by atoms with van der Waals surface area (Å²) < 4.78 is 4.92. The maximum absolute atomic E-state index is 14.0. The minimum Gasteiger partial charge on any atom is -0.385 e. The Hall–Kier alpha value is -1.02. The second-order valence-electron chi connectivity index (χ2n) is 23.2. The SMILES string of the molecule is CCCCCCCCCCCCCCN(CCCCCC=O)CCC1CCN(C(=O)CN(CCCCCCCCC)CCN(CCCCCCCCC)CCCCCCCCC)CC1.CCCCCCCOC. The predicted octanol–water partition coefficient (Wildman–Crippen LogP) is 18.8. The molecule has 436 valence electrons. The van der Waals surface area contributed by atoms with Gasteiger partial charge in [0.05, 0.1) is 6.54 Å². The van der Waals surface area contributed by atoms with Gasteiger partial charge in [-0.05, 0) is 109 Å². The third kappa shape index (κ3) is 51.5. The summed E-state index contributed by atoms with van der Waals surface area (Å²) in [6.45, 7) is 24.2. The van der Waals surface area contributed by atoms with Crippen LogP contribution in [0.25, 0.3) is 0 Å². The highest BCUT2D eigenvalue weighted by Gasteiger charge is 2.25. The van der Waals surface area contributed by atoms with E-state index in [0.29, 0.717) is 18.9 Å². The van der Waals surface area contributed by atoms with Gasteiger partial charge in [0, 0.05) is 46.3 Å². The molecule has 0 aromatic carbocycles. The summed E-state index contributed by atoms with van der Waals surface area (Å²) in [6.07, 6.45) is 60.8. The molecule has 1 aliphatic rings.